The minimum absolute atomic E-state index is 0.107. The van der Waals surface area contributed by atoms with Gasteiger partial charge in [0.2, 0.25) is 0 Å². The molecule has 1 saturated heterocycles. The predicted molar refractivity (Wildman–Crippen MR) is 37.9 cm³/mol. The van der Waals surface area contributed by atoms with Gasteiger partial charge in [0.1, 0.15) is 0 Å². The Balaban J connectivity index is 2.57. The molecular weight excluding hydrogens is 148 g/mol. The average molecular weight is 162 g/mol. The third kappa shape index (κ3) is 1.54. The van der Waals surface area contributed by atoms with Crippen LogP contribution >= 0.6 is 0 Å². The molecule has 0 radical (unpaired) electrons. The Morgan fingerprint density at radius 2 is 2.18 bits per heavy atom. The van der Waals surface area contributed by atoms with E-state index in [0.717, 1.165) is 0 Å². The molecule has 0 amide bonds. The lowest BCUT2D eigenvalue weighted by Crippen LogP contribution is -2.29. The first-order chi connectivity index (χ1) is 5.20. The van der Waals surface area contributed by atoms with E-state index in [-0.39, 0.29) is 18.6 Å². The Hall–Kier alpha value is -0.160. The topological polar surface area (TPSA) is 58.9 Å². The maximum atomic E-state index is 9.39. The van der Waals surface area contributed by atoms with E-state index in [4.69, 9.17) is 14.6 Å². The summed E-state index contributed by atoms with van der Waals surface area (Å²) < 4.78 is 10.1. The molecule has 4 heteroatoms. The third-order valence-corrected chi connectivity index (χ3v) is 2.06. The lowest BCUT2D eigenvalue weighted by molar-refractivity contribution is -0.133. The Kier molecular flexibility index (Phi) is 2.84. The first-order valence-corrected chi connectivity index (χ1v) is 3.68. The van der Waals surface area contributed by atoms with Gasteiger partial charge in [0.15, 0.2) is 6.29 Å². The molecule has 4 nitrogen and oxygen atoms in total. The van der Waals surface area contributed by atoms with Crippen LogP contribution in [0.5, 0.6) is 0 Å². The van der Waals surface area contributed by atoms with E-state index in [0.29, 0.717) is 0 Å². The van der Waals surface area contributed by atoms with Crippen molar-refractivity contribution in [2.24, 2.45) is 5.92 Å². The zero-order chi connectivity index (χ0) is 8.43. The van der Waals surface area contributed by atoms with Crippen LogP contribution in [0.3, 0.4) is 0 Å². The Morgan fingerprint density at radius 3 is 2.55 bits per heavy atom. The predicted octanol–water partition coefficient (Wildman–Crippen LogP) is -0.653. The number of hydrogen-bond acceptors (Lipinski definition) is 4. The molecule has 0 unspecified atom stereocenters. The fourth-order valence-electron chi connectivity index (χ4n) is 1.33. The summed E-state index contributed by atoms with van der Waals surface area (Å²) >= 11 is 0. The quantitative estimate of drug-likeness (QED) is 0.566. The molecule has 1 fully saturated rings. The van der Waals surface area contributed by atoms with Crippen molar-refractivity contribution in [1.29, 1.82) is 0 Å². The molecule has 0 aromatic carbocycles. The van der Waals surface area contributed by atoms with Gasteiger partial charge in [0, 0.05) is 7.11 Å². The molecule has 1 aliphatic rings. The van der Waals surface area contributed by atoms with E-state index in [2.05, 4.69) is 0 Å². The Labute approximate surface area is 65.7 Å². The summed E-state index contributed by atoms with van der Waals surface area (Å²) in [7, 11) is 1.50. The van der Waals surface area contributed by atoms with Gasteiger partial charge >= 0.3 is 0 Å². The van der Waals surface area contributed by atoms with Gasteiger partial charge in [0.05, 0.1) is 24.7 Å². The third-order valence-electron chi connectivity index (χ3n) is 2.06. The second-order valence-corrected chi connectivity index (χ2v) is 2.78. The number of aliphatic hydroxyl groups excluding tert-OH is 2. The zero-order valence-corrected chi connectivity index (χ0v) is 6.73. The molecule has 0 aliphatic carbocycles. The molecule has 0 aromatic rings. The molecule has 2 N–H and O–H groups in total. The Morgan fingerprint density at radius 1 is 1.55 bits per heavy atom. The van der Waals surface area contributed by atoms with Gasteiger partial charge in [-0.15, -0.1) is 0 Å². The maximum Gasteiger partial charge on any atom is 0.165 e. The molecule has 4 atom stereocenters. The van der Waals surface area contributed by atoms with Gasteiger partial charge < -0.3 is 19.7 Å². The van der Waals surface area contributed by atoms with Crippen molar-refractivity contribution in [3.63, 3.8) is 0 Å². The molecule has 1 rings (SSSR count). The summed E-state index contributed by atoms with van der Waals surface area (Å²) in [5.74, 6) is -0.310. The van der Waals surface area contributed by atoms with Crippen molar-refractivity contribution in [2.45, 2.75) is 25.4 Å². The van der Waals surface area contributed by atoms with Crippen molar-refractivity contribution in [2.75, 3.05) is 13.7 Å². The van der Waals surface area contributed by atoms with Crippen LogP contribution < -0.4 is 0 Å². The van der Waals surface area contributed by atoms with Crippen LogP contribution in [0.2, 0.25) is 0 Å². The molecule has 0 spiro atoms. The van der Waals surface area contributed by atoms with E-state index in [1.54, 1.807) is 6.92 Å². The lowest BCUT2D eigenvalue weighted by atomic mass is 10.0. The van der Waals surface area contributed by atoms with Gasteiger partial charge in [-0.05, 0) is 6.92 Å². The lowest BCUT2D eigenvalue weighted by Gasteiger charge is -2.15. The van der Waals surface area contributed by atoms with Gasteiger partial charge in [-0.25, -0.2) is 0 Å². The highest BCUT2D eigenvalue weighted by Crippen LogP contribution is 2.26. The molecule has 66 valence electrons. The average Bonchev–Trinajstić information content (AvgIpc) is 2.28. The van der Waals surface area contributed by atoms with E-state index in [1.165, 1.54) is 7.11 Å². The van der Waals surface area contributed by atoms with E-state index in [9.17, 15) is 5.11 Å². The standard InChI is InChI=1S/C7H14O4/c1-4-6(9)5(3-8)7(10-2)11-4/h4-9H,3H2,1-2H3/t4-,5-,6+,7+/m1/s1. The van der Waals surface area contributed by atoms with Crippen LogP contribution in [-0.2, 0) is 9.47 Å². The Bertz CT molecular complexity index is 128. The van der Waals surface area contributed by atoms with Gasteiger partial charge in [-0.1, -0.05) is 0 Å². The van der Waals surface area contributed by atoms with E-state index >= 15 is 0 Å². The summed E-state index contributed by atoms with van der Waals surface area (Å²) in [6, 6.07) is 0. The smallest absolute Gasteiger partial charge is 0.165 e. The molecular formula is C7H14O4. The van der Waals surface area contributed by atoms with E-state index < -0.39 is 12.4 Å². The summed E-state index contributed by atoms with van der Waals surface area (Å²) in [5, 5.41) is 18.2. The van der Waals surface area contributed by atoms with Crippen molar-refractivity contribution in [1.82, 2.24) is 0 Å². The highest BCUT2D eigenvalue weighted by Gasteiger charge is 2.40. The summed E-state index contributed by atoms with van der Waals surface area (Å²) in [6.45, 7) is 1.65. The van der Waals surface area contributed by atoms with E-state index in [1.807, 2.05) is 0 Å². The zero-order valence-electron chi connectivity index (χ0n) is 6.73. The summed E-state index contributed by atoms with van der Waals surface area (Å²) in [5.41, 5.74) is 0. The normalized spacial score (nSPS) is 44.7. The van der Waals surface area contributed by atoms with Gasteiger partial charge in [-0.3, -0.25) is 0 Å². The number of rotatable bonds is 2. The summed E-state index contributed by atoms with van der Waals surface area (Å²) in [6.07, 6.45) is -1.34. The molecule has 0 bridgehead atoms. The highest BCUT2D eigenvalue weighted by molar-refractivity contribution is 4.83. The largest absolute Gasteiger partial charge is 0.396 e. The SMILES string of the molecule is CO[C@H]1O[C@H](C)[C@H](O)[C@H]1CO. The van der Waals surface area contributed by atoms with Crippen molar-refractivity contribution in [3.05, 3.63) is 0 Å². The number of methoxy groups -OCH3 is 1. The monoisotopic (exact) mass is 162 g/mol. The highest BCUT2D eigenvalue weighted by atomic mass is 16.7. The number of hydrogen-bond donors (Lipinski definition) is 2. The second-order valence-electron chi connectivity index (χ2n) is 2.78. The first-order valence-electron chi connectivity index (χ1n) is 3.68. The maximum absolute atomic E-state index is 9.39. The van der Waals surface area contributed by atoms with Crippen LogP contribution in [0.1, 0.15) is 6.92 Å². The second kappa shape index (κ2) is 3.49. The number of ether oxygens (including phenoxy) is 2. The molecule has 0 saturated carbocycles. The van der Waals surface area contributed by atoms with Crippen LogP contribution in [0.15, 0.2) is 0 Å². The molecule has 0 aromatic heterocycles. The molecule has 1 aliphatic heterocycles. The fraction of sp³-hybridized carbons (Fsp3) is 1.00. The molecule has 1 heterocycles. The summed E-state index contributed by atoms with van der Waals surface area (Å²) in [4.78, 5) is 0. The van der Waals surface area contributed by atoms with Crippen molar-refractivity contribution < 1.29 is 19.7 Å². The fourth-order valence-corrected chi connectivity index (χ4v) is 1.33. The first kappa shape index (κ1) is 8.93. The van der Waals surface area contributed by atoms with Gasteiger partial charge in [0.25, 0.3) is 0 Å². The number of aliphatic hydroxyl groups is 2. The van der Waals surface area contributed by atoms with Gasteiger partial charge in [-0.2, -0.15) is 0 Å². The molecule has 11 heavy (non-hydrogen) atoms. The van der Waals surface area contributed by atoms with Crippen LogP contribution in [-0.4, -0.2) is 42.4 Å². The minimum Gasteiger partial charge on any atom is -0.396 e. The van der Waals surface area contributed by atoms with Crippen molar-refractivity contribution >= 4 is 0 Å². The van der Waals surface area contributed by atoms with Crippen LogP contribution in [0, 0.1) is 5.92 Å². The van der Waals surface area contributed by atoms with Crippen LogP contribution in [0.25, 0.3) is 0 Å². The van der Waals surface area contributed by atoms with Crippen LogP contribution in [0.4, 0.5) is 0 Å². The van der Waals surface area contributed by atoms with Crippen molar-refractivity contribution in [3.8, 4) is 0 Å². The minimum atomic E-state index is -0.620.